The fourth-order valence-electron chi connectivity index (χ4n) is 10.5. The van der Waals surface area contributed by atoms with Gasteiger partial charge in [0.2, 0.25) is 0 Å². The van der Waals surface area contributed by atoms with Gasteiger partial charge in [-0.3, -0.25) is 0 Å². The maximum atomic E-state index is 6.42. The predicted octanol–water partition coefficient (Wildman–Crippen LogP) is 16.3. The van der Waals surface area contributed by atoms with Gasteiger partial charge in [-0.05, 0) is 11.6 Å². The Kier molecular flexibility index (Phi) is 8.55. The van der Waals surface area contributed by atoms with E-state index in [1.807, 2.05) is 12.1 Å². The first-order chi connectivity index (χ1) is 29.1. The van der Waals surface area contributed by atoms with Crippen LogP contribution in [0.2, 0.25) is 0 Å². The number of fused-ring (bicyclic) bond motifs is 9. The molecule has 294 valence electrons. The molecule has 9 aromatic rings. The molecule has 3 heteroatoms. The number of hydrogen-bond acceptors (Lipinski definition) is 2. The first-order valence-electron chi connectivity index (χ1n) is 21.0. The van der Waals surface area contributed by atoms with Crippen molar-refractivity contribution in [2.75, 3.05) is 14.8 Å². The van der Waals surface area contributed by atoms with Crippen LogP contribution in [0, 0.1) is 0 Å². The molecule has 0 saturated heterocycles. The Labute approximate surface area is 360 Å². The fraction of sp³-hybridized carbons (Fsp3) is 0.158. The van der Waals surface area contributed by atoms with E-state index in [-0.39, 0.29) is 10.8 Å². The van der Waals surface area contributed by atoms with Gasteiger partial charge in [0.25, 0.3) is 0 Å². The first kappa shape index (κ1) is 37.1. The second-order valence-corrected chi connectivity index (χ2v) is 23.8. The molecule has 0 spiro atoms. The number of alkyl halides is 3. The average Bonchev–Trinajstić information content (AvgIpc) is 3.84. The Hall–Kier alpha value is -5.91. The molecule has 0 fully saturated rings. The van der Waals surface area contributed by atoms with Crippen molar-refractivity contribution in [3.05, 3.63) is 198 Å². The Morgan fingerprint density at radius 1 is 0.467 bits per heavy atom. The normalized spacial score (nSPS) is 14.5. The molecule has 60 heavy (non-hydrogen) atoms. The van der Waals surface area contributed by atoms with Crippen molar-refractivity contribution in [3.63, 3.8) is 0 Å². The molecule has 8 aromatic carbocycles. The van der Waals surface area contributed by atoms with E-state index in [1.54, 1.807) is 0 Å². The zero-order chi connectivity index (χ0) is 40.9. The molecule has 11 rings (SSSR count). The van der Waals surface area contributed by atoms with Gasteiger partial charge in [-0.25, -0.2) is 0 Å². The number of benzene rings is 8. The number of para-hydroxylation sites is 3. The third-order valence-electron chi connectivity index (χ3n) is 13.3. The third-order valence-corrected chi connectivity index (χ3v) is 15.6. The number of halogens is 1. The number of nitrogens with zero attached hydrogens (tertiary/aromatic N) is 1. The standard InChI is InChI=1S/C57H48INO/c1-56(2)49-21-12-10-17-44(49)47-33-51-48(34-50(47)56)53-42(32-27-38(35-58(5)6)54(53)57(51,3)4)36-23-28-40(29-24-36)59(39-15-8-7-9-16-39)41-30-25-37(26-31-41)43-19-14-20-46-45-18-11-13-22-52(45)60-55(43)46/h7-34H,35H2,1-6H3. The molecule has 1 heterocycles. The molecule has 0 saturated carbocycles. The minimum absolute atomic E-state index is 0.0567. The summed E-state index contributed by atoms with van der Waals surface area (Å²) in [6, 6.07) is 62.7. The molecule has 0 N–H and O–H groups in total. The van der Waals surface area contributed by atoms with Crippen molar-refractivity contribution in [2.24, 2.45) is 0 Å². The number of hydrogen-bond donors (Lipinski definition) is 0. The molecule has 0 radical (unpaired) electrons. The van der Waals surface area contributed by atoms with E-state index < -0.39 is 19.8 Å². The number of furan rings is 1. The van der Waals surface area contributed by atoms with E-state index in [0.29, 0.717) is 0 Å². The zero-order valence-corrected chi connectivity index (χ0v) is 37.3. The Morgan fingerprint density at radius 2 is 1.05 bits per heavy atom. The molecule has 2 aliphatic carbocycles. The molecule has 0 unspecified atom stereocenters. The van der Waals surface area contributed by atoms with Gasteiger partial charge >= 0.3 is 253 Å². The molecule has 0 amide bonds. The third kappa shape index (κ3) is 5.65. The van der Waals surface area contributed by atoms with E-state index in [2.05, 4.69) is 200 Å². The Balaban J connectivity index is 1.01. The first-order valence-corrected chi connectivity index (χ1v) is 26.8. The topological polar surface area (TPSA) is 16.4 Å². The maximum absolute atomic E-state index is 6.42. The van der Waals surface area contributed by atoms with Gasteiger partial charge in [0.15, 0.2) is 0 Å². The molecular weight excluding hydrogens is 842 g/mol. The molecule has 1 aromatic heterocycles. The van der Waals surface area contributed by atoms with Crippen LogP contribution in [0.25, 0.3) is 66.4 Å². The average molecular weight is 890 g/mol. The van der Waals surface area contributed by atoms with E-state index in [9.17, 15) is 0 Å². The number of anilines is 3. The zero-order valence-electron chi connectivity index (χ0n) is 35.1. The Morgan fingerprint density at radius 3 is 1.78 bits per heavy atom. The van der Waals surface area contributed by atoms with Crippen LogP contribution in [0.1, 0.15) is 55.5 Å². The Bertz CT molecular complexity index is 3130. The monoisotopic (exact) mass is 889 g/mol. The summed E-state index contributed by atoms with van der Waals surface area (Å²) >= 11 is -1.07. The second-order valence-electron chi connectivity index (χ2n) is 17.9. The molecule has 2 aliphatic rings. The molecule has 0 bridgehead atoms. The van der Waals surface area contributed by atoms with Gasteiger partial charge in [-0.15, -0.1) is 0 Å². The fourth-order valence-corrected chi connectivity index (χ4v) is 12.7. The van der Waals surface area contributed by atoms with Gasteiger partial charge in [-0.1, -0.05) is 66.7 Å². The van der Waals surface area contributed by atoms with Gasteiger partial charge in [-0.2, -0.15) is 0 Å². The van der Waals surface area contributed by atoms with E-state index in [1.165, 1.54) is 65.6 Å². The minimum atomic E-state index is -1.07. The van der Waals surface area contributed by atoms with Crippen molar-refractivity contribution in [1.29, 1.82) is 0 Å². The summed E-state index contributed by atoms with van der Waals surface area (Å²) in [5.74, 6) is 0. The SMILES string of the molecule is CI(C)Cc1ccc(-c2ccc(N(c3ccccc3)c3ccc(-c4cccc5c4oc4ccccc45)cc3)cc2)c2c1C(C)(C)c1cc3c(cc1-2)C(C)(C)c1ccccc1-3. The summed E-state index contributed by atoms with van der Waals surface area (Å²) in [4.78, 5) is 7.36. The van der Waals surface area contributed by atoms with Crippen molar-refractivity contribution in [3.8, 4) is 44.5 Å². The number of rotatable bonds is 7. The van der Waals surface area contributed by atoms with Gasteiger partial charge in [0.1, 0.15) is 11.2 Å². The summed E-state index contributed by atoms with van der Waals surface area (Å²) in [6.07, 6.45) is 0. The van der Waals surface area contributed by atoms with Crippen LogP contribution >= 0.6 is 19.8 Å². The summed E-state index contributed by atoms with van der Waals surface area (Å²) in [6.45, 7) is 9.74. The molecule has 0 aliphatic heterocycles. The van der Waals surface area contributed by atoms with Crippen molar-refractivity contribution < 1.29 is 4.42 Å². The van der Waals surface area contributed by atoms with Crippen LogP contribution in [-0.2, 0) is 15.3 Å². The summed E-state index contributed by atoms with van der Waals surface area (Å²) in [5.41, 5.74) is 22.9. The van der Waals surface area contributed by atoms with E-state index in [4.69, 9.17) is 4.42 Å². The summed E-state index contributed by atoms with van der Waals surface area (Å²) < 4.78 is 7.63. The summed E-state index contributed by atoms with van der Waals surface area (Å²) in [5, 5.41) is 2.29. The van der Waals surface area contributed by atoms with Crippen molar-refractivity contribution in [2.45, 2.75) is 43.0 Å². The van der Waals surface area contributed by atoms with E-state index in [0.717, 1.165) is 50.1 Å². The second kappa shape index (κ2) is 13.8. The van der Waals surface area contributed by atoms with Gasteiger partial charge in [0, 0.05) is 16.3 Å². The van der Waals surface area contributed by atoms with Crippen LogP contribution in [0.4, 0.5) is 17.1 Å². The quantitative estimate of drug-likeness (QED) is 0.117. The molecule has 2 nitrogen and oxygen atoms in total. The molecule has 0 atom stereocenters. The van der Waals surface area contributed by atoms with Crippen LogP contribution < -0.4 is 4.90 Å². The van der Waals surface area contributed by atoms with Gasteiger partial charge < -0.3 is 4.42 Å². The van der Waals surface area contributed by atoms with Crippen LogP contribution in [0.3, 0.4) is 0 Å². The van der Waals surface area contributed by atoms with Crippen LogP contribution in [0.5, 0.6) is 0 Å². The summed E-state index contributed by atoms with van der Waals surface area (Å²) in [7, 11) is 0. The predicted molar refractivity (Wildman–Crippen MR) is 264 cm³/mol. The molecular formula is C57H48INO. The van der Waals surface area contributed by atoms with Crippen LogP contribution in [-0.4, -0.2) is 9.86 Å². The van der Waals surface area contributed by atoms with Crippen molar-refractivity contribution in [1.82, 2.24) is 0 Å². The van der Waals surface area contributed by atoms with E-state index >= 15 is 0 Å². The van der Waals surface area contributed by atoms with Crippen LogP contribution in [0.15, 0.2) is 174 Å². The van der Waals surface area contributed by atoms with Crippen molar-refractivity contribution >= 4 is 58.8 Å². The van der Waals surface area contributed by atoms with Gasteiger partial charge in [0.05, 0.1) is 0 Å².